The van der Waals surface area contributed by atoms with Gasteiger partial charge in [-0.15, -0.1) is 0 Å². The Balaban J connectivity index is 1.73. The quantitative estimate of drug-likeness (QED) is 0.268. The zero-order valence-corrected chi connectivity index (χ0v) is 17.2. The fraction of sp³-hybridized carbons (Fsp3) is 0. The molecule has 0 saturated carbocycles. The first-order valence-corrected chi connectivity index (χ1v) is 9.51. The Morgan fingerprint density at radius 1 is 0.710 bits per heavy atom. The van der Waals surface area contributed by atoms with E-state index in [2.05, 4.69) is 21.3 Å². The lowest BCUT2D eigenvalue weighted by molar-refractivity contribution is -0.383. The van der Waals surface area contributed by atoms with Gasteiger partial charge >= 0.3 is 12.1 Å². The number of urea groups is 2. The van der Waals surface area contributed by atoms with Gasteiger partial charge in [-0.25, -0.2) is 9.59 Å². The molecule has 31 heavy (non-hydrogen) atoms. The summed E-state index contributed by atoms with van der Waals surface area (Å²) < 4.78 is 0. The normalized spacial score (nSPS) is 10.1. The van der Waals surface area contributed by atoms with E-state index < -0.39 is 17.0 Å². The maximum atomic E-state index is 12.3. The number of carbonyl (C=O) groups excluding carboxylic acids is 2. The number of halogens is 2. The molecule has 11 heteroatoms. The molecule has 0 aliphatic carbocycles. The van der Waals surface area contributed by atoms with Gasteiger partial charge in [-0.1, -0.05) is 35.3 Å². The minimum atomic E-state index is -0.717. The van der Waals surface area contributed by atoms with Gasteiger partial charge in [-0.05, 0) is 48.5 Å². The molecule has 0 aromatic heterocycles. The predicted octanol–water partition coefficient (Wildman–Crippen LogP) is 6.19. The Labute approximate surface area is 186 Å². The zero-order chi connectivity index (χ0) is 22.4. The fourth-order valence-electron chi connectivity index (χ4n) is 2.58. The molecule has 0 aliphatic rings. The van der Waals surface area contributed by atoms with Crippen molar-refractivity contribution in [3.05, 3.63) is 86.9 Å². The molecular weight excluding hydrogens is 445 g/mol. The topological polar surface area (TPSA) is 125 Å². The minimum Gasteiger partial charge on any atom is -0.308 e. The molecule has 0 atom stereocenters. The molecule has 0 radical (unpaired) electrons. The molecule has 4 N–H and O–H groups in total. The molecule has 0 spiro atoms. The van der Waals surface area contributed by atoms with Gasteiger partial charge in [0.25, 0.3) is 5.69 Å². The predicted molar refractivity (Wildman–Crippen MR) is 121 cm³/mol. The van der Waals surface area contributed by atoms with Gasteiger partial charge in [-0.2, -0.15) is 0 Å². The van der Waals surface area contributed by atoms with E-state index in [9.17, 15) is 19.7 Å². The largest absolute Gasteiger partial charge is 0.323 e. The van der Waals surface area contributed by atoms with E-state index in [0.717, 1.165) is 0 Å². The van der Waals surface area contributed by atoms with Crippen LogP contribution in [0.15, 0.2) is 66.7 Å². The second-order valence-electron chi connectivity index (χ2n) is 6.17. The van der Waals surface area contributed by atoms with Gasteiger partial charge in [0.15, 0.2) is 0 Å². The average Bonchev–Trinajstić information content (AvgIpc) is 2.67. The summed E-state index contributed by atoms with van der Waals surface area (Å²) in [5.41, 5.74) is 0.643. The summed E-state index contributed by atoms with van der Waals surface area (Å²) in [4.78, 5) is 35.2. The van der Waals surface area contributed by atoms with Gasteiger partial charge in [0, 0.05) is 33.2 Å². The summed E-state index contributed by atoms with van der Waals surface area (Å²) in [6.45, 7) is 0. The highest BCUT2D eigenvalue weighted by Gasteiger charge is 2.17. The molecule has 4 amide bonds. The van der Waals surface area contributed by atoms with Crippen molar-refractivity contribution in [1.29, 1.82) is 0 Å². The molecule has 0 fully saturated rings. The van der Waals surface area contributed by atoms with Crippen LogP contribution in [0.3, 0.4) is 0 Å². The summed E-state index contributed by atoms with van der Waals surface area (Å²) in [7, 11) is 0. The maximum Gasteiger partial charge on any atom is 0.323 e. The third kappa shape index (κ3) is 6.33. The lowest BCUT2D eigenvalue weighted by Crippen LogP contribution is -2.21. The van der Waals surface area contributed by atoms with Crippen LogP contribution in [-0.2, 0) is 0 Å². The number of hydrogen-bond acceptors (Lipinski definition) is 4. The first-order valence-electron chi connectivity index (χ1n) is 8.76. The van der Waals surface area contributed by atoms with Crippen LogP contribution in [0.5, 0.6) is 0 Å². The summed E-state index contributed by atoms with van der Waals surface area (Å²) in [6.07, 6.45) is 0. The number of hydrogen-bond donors (Lipinski definition) is 4. The summed E-state index contributed by atoms with van der Waals surface area (Å²) in [5.74, 6) is 0. The second-order valence-corrected chi connectivity index (χ2v) is 7.04. The molecule has 0 saturated heterocycles. The number of carbonyl (C=O) groups is 2. The summed E-state index contributed by atoms with van der Waals surface area (Å²) in [6, 6.07) is 15.4. The molecule has 0 unspecified atom stereocenters. The molecule has 3 aromatic rings. The van der Waals surface area contributed by atoms with E-state index in [1.807, 2.05) is 0 Å². The van der Waals surface area contributed by atoms with Crippen molar-refractivity contribution in [2.45, 2.75) is 0 Å². The smallest absolute Gasteiger partial charge is 0.308 e. The van der Waals surface area contributed by atoms with E-state index in [1.54, 1.807) is 42.5 Å². The number of anilines is 4. The molecule has 0 aliphatic heterocycles. The maximum absolute atomic E-state index is 12.3. The molecule has 158 valence electrons. The summed E-state index contributed by atoms with van der Waals surface area (Å²) >= 11 is 11.8. The van der Waals surface area contributed by atoms with Gasteiger partial charge in [0.1, 0.15) is 5.69 Å². The molecule has 0 heterocycles. The SMILES string of the molecule is O=C(Nc1cccc(Cl)c1)Nc1ccc([N+](=O)[O-])c(NC(=O)Nc2cccc(Cl)c2)c1. The van der Waals surface area contributed by atoms with Crippen molar-refractivity contribution < 1.29 is 14.5 Å². The van der Waals surface area contributed by atoms with Crippen LogP contribution >= 0.6 is 23.2 Å². The van der Waals surface area contributed by atoms with Crippen LogP contribution in [0, 0.1) is 10.1 Å². The summed E-state index contributed by atoms with van der Waals surface area (Å²) in [5, 5.41) is 22.2. The Bertz CT molecular complexity index is 1160. The fourth-order valence-corrected chi connectivity index (χ4v) is 2.96. The zero-order valence-electron chi connectivity index (χ0n) is 15.7. The molecule has 3 rings (SSSR count). The number of nitro benzene ring substituents is 1. The number of amides is 4. The van der Waals surface area contributed by atoms with Crippen molar-refractivity contribution >= 4 is 63.7 Å². The van der Waals surface area contributed by atoms with Crippen molar-refractivity contribution in [3.8, 4) is 0 Å². The van der Waals surface area contributed by atoms with Gasteiger partial charge < -0.3 is 21.3 Å². The van der Waals surface area contributed by atoms with Gasteiger partial charge in [-0.3, -0.25) is 10.1 Å². The van der Waals surface area contributed by atoms with Crippen LogP contribution in [0.1, 0.15) is 0 Å². The lowest BCUT2D eigenvalue weighted by atomic mass is 10.2. The highest BCUT2D eigenvalue weighted by Crippen LogP contribution is 2.28. The van der Waals surface area contributed by atoms with Crippen LogP contribution < -0.4 is 21.3 Å². The lowest BCUT2D eigenvalue weighted by Gasteiger charge is -2.11. The van der Waals surface area contributed by atoms with Gasteiger partial charge in [0.05, 0.1) is 4.92 Å². The standard InChI is InChI=1S/C20H15Cl2N5O4/c21-12-3-1-5-14(9-12)23-19(28)25-16-7-8-18(27(30)31)17(11-16)26-20(29)24-15-6-2-4-13(22)10-15/h1-11H,(H2,23,25,28)(H2,24,26,29). The Hall–Kier alpha value is -3.82. The van der Waals surface area contributed by atoms with Gasteiger partial charge in [0.2, 0.25) is 0 Å². The van der Waals surface area contributed by atoms with E-state index in [1.165, 1.54) is 24.3 Å². The highest BCUT2D eigenvalue weighted by molar-refractivity contribution is 6.31. The monoisotopic (exact) mass is 459 g/mol. The first kappa shape index (κ1) is 21.9. The Kier molecular flexibility index (Phi) is 6.91. The van der Waals surface area contributed by atoms with E-state index in [4.69, 9.17) is 23.2 Å². The van der Waals surface area contributed by atoms with E-state index in [0.29, 0.717) is 21.4 Å². The van der Waals surface area contributed by atoms with Crippen LogP contribution in [-0.4, -0.2) is 17.0 Å². The first-order chi connectivity index (χ1) is 14.8. The Morgan fingerprint density at radius 2 is 1.19 bits per heavy atom. The third-order valence-corrected chi connectivity index (χ3v) is 4.33. The van der Waals surface area contributed by atoms with Crippen molar-refractivity contribution in [2.75, 3.05) is 21.3 Å². The van der Waals surface area contributed by atoms with E-state index >= 15 is 0 Å². The second kappa shape index (κ2) is 9.79. The number of nitrogens with zero attached hydrogens (tertiary/aromatic N) is 1. The molecule has 3 aromatic carbocycles. The molecule has 0 bridgehead atoms. The van der Waals surface area contributed by atoms with Crippen molar-refractivity contribution in [2.24, 2.45) is 0 Å². The number of rotatable bonds is 5. The van der Waals surface area contributed by atoms with Crippen molar-refractivity contribution in [1.82, 2.24) is 0 Å². The third-order valence-electron chi connectivity index (χ3n) is 3.86. The molecular formula is C20H15Cl2N5O4. The van der Waals surface area contributed by atoms with Crippen LogP contribution in [0.25, 0.3) is 0 Å². The van der Waals surface area contributed by atoms with E-state index in [-0.39, 0.29) is 17.1 Å². The minimum absolute atomic E-state index is 0.106. The van der Waals surface area contributed by atoms with Crippen LogP contribution in [0.4, 0.5) is 38.0 Å². The Morgan fingerprint density at radius 3 is 1.68 bits per heavy atom. The van der Waals surface area contributed by atoms with Crippen LogP contribution in [0.2, 0.25) is 10.0 Å². The number of nitro groups is 1. The highest BCUT2D eigenvalue weighted by atomic mass is 35.5. The number of benzene rings is 3. The molecule has 9 nitrogen and oxygen atoms in total. The average molecular weight is 460 g/mol. The van der Waals surface area contributed by atoms with Crippen molar-refractivity contribution in [3.63, 3.8) is 0 Å². The number of nitrogens with one attached hydrogen (secondary N) is 4.